The van der Waals surface area contributed by atoms with E-state index < -0.39 is 0 Å². The zero-order valence-electron chi connectivity index (χ0n) is 11.5. The fourth-order valence-electron chi connectivity index (χ4n) is 1.54. The van der Waals surface area contributed by atoms with E-state index in [0.717, 1.165) is 12.3 Å². The van der Waals surface area contributed by atoms with Gasteiger partial charge in [0.1, 0.15) is 5.84 Å². The van der Waals surface area contributed by atoms with Crippen molar-refractivity contribution < 1.29 is 0 Å². The highest BCUT2D eigenvalue weighted by Gasteiger charge is 2.08. The Labute approximate surface area is 104 Å². The topological polar surface area (TPSA) is 30.2 Å². The van der Waals surface area contributed by atoms with Crippen molar-refractivity contribution in [3.05, 3.63) is 30.1 Å². The molecule has 0 bridgehead atoms. The molecular weight excluding hydrogens is 210 g/mol. The van der Waals surface area contributed by atoms with E-state index in [2.05, 4.69) is 44.0 Å². The number of nitrogens with zero attached hydrogens (tertiary/aromatic N) is 3. The molecule has 17 heavy (non-hydrogen) atoms. The summed E-state index contributed by atoms with van der Waals surface area (Å²) in [6, 6.07) is 0.275. The molecule has 94 valence electrons. The Kier molecular flexibility index (Phi) is 5.13. The third-order valence-corrected chi connectivity index (χ3v) is 2.72. The maximum atomic E-state index is 4.57. The molecule has 0 radical (unpaired) electrons. The lowest BCUT2D eigenvalue weighted by molar-refractivity contribution is 0.733. The van der Waals surface area contributed by atoms with E-state index in [9.17, 15) is 0 Å². The van der Waals surface area contributed by atoms with Gasteiger partial charge in [-0.3, -0.25) is 4.99 Å². The van der Waals surface area contributed by atoms with Crippen molar-refractivity contribution in [3.63, 3.8) is 0 Å². The van der Waals surface area contributed by atoms with Crippen molar-refractivity contribution in [2.45, 2.75) is 53.0 Å². The molecule has 0 amide bonds. The molecule has 0 aromatic carbocycles. The minimum absolute atomic E-state index is 0.275. The zero-order valence-corrected chi connectivity index (χ0v) is 11.5. The first-order valence-corrected chi connectivity index (χ1v) is 6.33. The second-order valence-electron chi connectivity index (χ2n) is 4.61. The highest BCUT2D eigenvalue weighted by atomic mass is 15.3. The van der Waals surface area contributed by atoms with E-state index in [-0.39, 0.29) is 6.04 Å². The van der Waals surface area contributed by atoms with Gasteiger partial charge in [-0.25, -0.2) is 4.68 Å². The highest BCUT2D eigenvalue weighted by molar-refractivity contribution is 5.94. The summed E-state index contributed by atoms with van der Waals surface area (Å²) < 4.78 is 1.86. The number of rotatable bonds is 4. The normalized spacial score (nSPS) is 14.8. The molecule has 1 rings (SSSR count). The first kappa shape index (κ1) is 13.7. The minimum atomic E-state index is 0.275. The van der Waals surface area contributed by atoms with Crippen LogP contribution in [0.25, 0.3) is 0 Å². The molecule has 0 saturated carbocycles. The molecule has 1 unspecified atom stereocenters. The van der Waals surface area contributed by atoms with E-state index in [1.807, 2.05) is 30.0 Å². The van der Waals surface area contributed by atoms with Gasteiger partial charge in [-0.2, -0.15) is 5.10 Å². The molecule has 3 heteroatoms. The number of hydrogen-bond acceptors (Lipinski definition) is 2. The Bertz CT molecular complexity index is 399. The van der Waals surface area contributed by atoms with Crippen molar-refractivity contribution >= 4 is 5.84 Å². The molecular formula is C14H23N3. The summed E-state index contributed by atoms with van der Waals surface area (Å²) in [7, 11) is 0. The van der Waals surface area contributed by atoms with Gasteiger partial charge in [0.15, 0.2) is 0 Å². The van der Waals surface area contributed by atoms with Gasteiger partial charge >= 0.3 is 0 Å². The van der Waals surface area contributed by atoms with Crippen molar-refractivity contribution in [2.75, 3.05) is 0 Å². The van der Waals surface area contributed by atoms with Crippen LogP contribution in [0.1, 0.15) is 52.5 Å². The maximum Gasteiger partial charge on any atom is 0.148 e. The molecule has 0 fully saturated rings. The second-order valence-corrected chi connectivity index (χ2v) is 4.61. The maximum absolute atomic E-state index is 4.57. The summed E-state index contributed by atoms with van der Waals surface area (Å²) in [5, 5.41) is 4.39. The van der Waals surface area contributed by atoms with Gasteiger partial charge in [0.2, 0.25) is 0 Å². The summed E-state index contributed by atoms with van der Waals surface area (Å²) in [6.07, 6.45) is 9.13. The molecule has 3 nitrogen and oxygen atoms in total. The summed E-state index contributed by atoms with van der Waals surface area (Å²) in [5.74, 6) is 1.45. The average molecular weight is 233 g/mol. The molecule has 0 aliphatic rings. The van der Waals surface area contributed by atoms with Crippen LogP contribution in [0.15, 0.2) is 29.5 Å². The average Bonchev–Trinajstić information content (AvgIpc) is 2.76. The third-order valence-electron chi connectivity index (χ3n) is 2.72. The lowest BCUT2D eigenvalue weighted by Gasteiger charge is -2.05. The molecule has 1 aromatic heterocycles. The lowest BCUT2D eigenvalue weighted by Crippen LogP contribution is -2.12. The number of aromatic nitrogens is 2. The fourth-order valence-corrected chi connectivity index (χ4v) is 1.54. The predicted octanol–water partition coefficient (Wildman–Crippen LogP) is 3.63. The van der Waals surface area contributed by atoms with E-state index in [1.54, 1.807) is 0 Å². The lowest BCUT2D eigenvalue weighted by atomic mass is 10.0. The zero-order chi connectivity index (χ0) is 12.8. The molecule has 0 N–H and O–H groups in total. The van der Waals surface area contributed by atoms with Crippen molar-refractivity contribution in [1.82, 2.24) is 9.78 Å². The van der Waals surface area contributed by atoms with Gasteiger partial charge in [0.25, 0.3) is 0 Å². The Morgan fingerprint density at radius 2 is 2.18 bits per heavy atom. The summed E-state index contributed by atoms with van der Waals surface area (Å²) >= 11 is 0. The van der Waals surface area contributed by atoms with Gasteiger partial charge in [0, 0.05) is 12.2 Å². The van der Waals surface area contributed by atoms with Gasteiger partial charge < -0.3 is 0 Å². The van der Waals surface area contributed by atoms with Gasteiger partial charge in [-0.05, 0) is 44.7 Å². The van der Waals surface area contributed by atoms with E-state index >= 15 is 0 Å². The van der Waals surface area contributed by atoms with E-state index in [0.29, 0.717) is 5.92 Å². The largest absolute Gasteiger partial charge is 0.264 e. The molecule has 0 spiro atoms. The second kappa shape index (κ2) is 6.38. The Balaban J connectivity index is 3.00. The Morgan fingerprint density at radius 3 is 2.71 bits per heavy atom. The molecule has 1 aromatic rings. The van der Waals surface area contributed by atoms with Crippen molar-refractivity contribution in [3.8, 4) is 0 Å². The molecule has 0 aliphatic carbocycles. The van der Waals surface area contributed by atoms with Crippen molar-refractivity contribution in [1.29, 1.82) is 0 Å². The van der Waals surface area contributed by atoms with Crippen LogP contribution in [0.4, 0.5) is 0 Å². The summed E-state index contributed by atoms with van der Waals surface area (Å²) in [6.45, 7) is 10.5. The van der Waals surface area contributed by atoms with Crippen LogP contribution in [0.5, 0.6) is 0 Å². The van der Waals surface area contributed by atoms with Crippen LogP contribution in [-0.2, 0) is 0 Å². The van der Waals surface area contributed by atoms with Crippen LogP contribution < -0.4 is 0 Å². The molecule has 0 saturated heterocycles. The molecule has 0 aliphatic heterocycles. The standard InChI is InChI=1S/C14H23N3/c1-6-8-14(16-11(3)4)17-10-13(9-15-17)12(5)7-2/h6,8-12H,7H2,1-5H3/b8-6-,16-14?. The van der Waals surface area contributed by atoms with Crippen LogP contribution in [0, 0.1) is 0 Å². The first-order valence-electron chi connectivity index (χ1n) is 6.33. The van der Waals surface area contributed by atoms with Crippen LogP contribution >= 0.6 is 0 Å². The van der Waals surface area contributed by atoms with Crippen molar-refractivity contribution in [2.24, 2.45) is 4.99 Å². The van der Waals surface area contributed by atoms with E-state index in [1.165, 1.54) is 5.56 Å². The number of aliphatic imine (C=N–C) groups is 1. The quantitative estimate of drug-likeness (QED) is 0.577. The summed E-state index contributed by atoms with van der Waals surface area (Å²) in [5.41, 5.74) is 1.27. The molecule has 1 atom stereocenters. The van der Waals surface area contributed by atoms with E-state index in [4.69, 9.17) is 0 Å². The van der Waals surface area contributed by atoms with Gasteiger partial charge in [-0.15, -0.1) is 0 Å². The molecule has 1 heterocycles. The van der Waals surface area contributed by atoms with Crippen LogP contribution in [0.2, 0.25) is 0 Å². The predicted molar refractivity (Wildman–Crippen MR) is 73.7 cm³/mol. The third kappa shape index (κ3) is 3.84. The van der Waals surface area contributed by atoms with Gasteiger partial charge in [0.05, 0.1) is 6.20 Å². The SMILES string of the molecule is C/C=C\C(=NC(C)C)n1cc(C(C)CC)cn1. The fraction of sp³-hybridized carbons (Fsp3) is 0.571. The highest BCUT2D eigenvalue weighted by Crippen LogP contribution is 2.17. The summed E-state index contributed by atoms with van der Waals surface area (Å²) in [4.78, 5) is 4.57. The Hall–Kier alpha value is -1.38. The smallest absolute Gasteiger partial charge is 0.148 e. The minimum Gasteiger partial charge on any atom is -0.264 e. The Morgan fingerprint density at radius 1 is 1.47 bits per heavy atom. The number of allylic oxidation sites excluding steroid dienone is 2. The number of hydrogen-bond donors (Lipinski definition) is 0. The van der Waals surface area contributed by atoms with Crippen LogP contribution in [-0.4, -0.2) is 21.7 Å². The van der Waals surface area contributed by atoms with Crippen LogP contribution in [0.3, 0.4) is 0 Å². The monoisotopic (exact) mass is 233 g/mol. The first-order chi connectivity index (χ1) is 8.08. The van der Waals surface area contributed by atoms with Gasteiger partial charge in [-0.1, -0.05) is 19.9 Å².